The van der Waals surface area contributed by atoms with E-state index in [-0.39, 0.29) is 6.61 Å². The number of benzene rings is 1. The van der Waals surface area contributed by atoms with Gasteiger partial charge in [-0.3, -0.25) is 0 Å². The first kappa shape index (κ1) is 14.6. The van der Waals surface area contributed by atoms with Crippen LogP contribution in [0.1, 0.15) is 18.4 Å². The standard InChI is InChI=1S/C14H20ClNO3/c1-16(10-14(18)4-6-19-7-5-14)13-8-12(15)3-2-11(13)9-17/h2-3,8,17-18H,4-7,9-10H2,1H3. The fourth-order valence-electron chi connectivity index (χ4n) is 2.46. The zero-order chi connectivity index (χ0) is 13.9. The van der Waals surface area contributed by atoms with E-state index < -0.39 is 5.60 Å². The maximum absolute atomic E-state index is 10.5. The van der Waals surface area contributed by atoms with Crippen molar-refractivity contribution in [2.45, 2.75) is 25.0 Å². The highest BCUT2D eigenvalue weighted by molar-refractivity contribution is 6.30. The topological polar surface area (TPSA) is 52.9 Å². The van der Waals surface area contributed by atoms with Gasteiger partial charge in [0.05, 0.1) is 12.2 Å². The van der Waals surface area contributed by atoms with Crippen molar-refractivity contribution in [2.24, 2.45) is 0 Å². The molecule has 0 aliphatic carbocycles. The lowest BCUT2D eigenvalue weighted by molar-refractivity contribution is -0.0572. The Balaban J connectivity index is 2.14. The third-order valence-corrected chi connectivity index (χ3v) is 3.82. The van der Waals surface area contributed by atoms with Crippen LogP contribution >= 0.6 is 11.6 Å². The van der Waals surface area contributed by atoms with Gasteiger partial charge in [0.2, 0.25) is 0 Å². The van der Waals surface area contributed by atoms with Crippen molar-refractivity contribution in [3.05, 3.63) is 28.8 Å². The molecule has 5 heteroatoms. The maximum atomic E-state index is 10.5. The molecule has 0 radical (unpaired) electrons. The predicted molar refractivity (Wildman–Crippen MR) is 75.6 cm³/mol. The number of nitrogens with zero attached hydrogens (tertiary/aromatic N) is 1. The first-order valence-corrected chi connectivity index (χ1v) is 6.82. The highest BCUT2D eigenvalue weighted by Crippen LogP contribution is 2.28. The van der Waals surface area contributed by atoms with Gasteiger partial charge in [0.15, 0.2) is 0 Å². The highest BCUT2D eigenvalue weighted by atomic mass is 35.5. The van der Waals surface area contributed by atoms with Crippen molar-refractivity contribution in [1.82, 2.24) is 0 Å². The Kier molecular flexibility index (Phi) is 4.68. The molecule has 0 atom stereocenters. The zero-order valence-corrected chi connectivity index (χ0v) is 11.9. The van der Waals surface area contributed by atoms with Gasteiger partial charge >= 0.3 is 0 Å². The van der Waals surface area contributed by atoms with Gasteiger partial charge in [-0.2, -0.15) is 0 Å². The van der Waals surface area contributed by atoms with Crippen LogP contribution < -0.4 is 4.90 Å². The van der Waals surface area contributed by atoms with Crippen molar-refractivity contribution < 1.29 is 14.9 Å². The number of aliphatic hydroxyl groups is 2. The van der Waals surface area contributed by atoms with Gasteiger partial charge in [0.25, 0.3) is 0 Å². The first-order valence-electron chi connectivity index (χ1n) is 6.45. The highest BCUT2D eigenvalue weighted by Gasteiger charge is 2.31. The van der Waals surface area contributed by atoms with E-state index in [1.807, 2.05) is 24.1 Å². The molecule has 19 heavy (non-hydrogen) atoms. The van der Waals surface area contributed by atoms with Gasteiger partial charge in [-0.1, -0.05) is 17.7 Å². The summed E-state index contributed by atoms with van der Waals surface area (Å²) in [5, 5.41) is 20.5. The number of hydrogen-bond donors (Lipinski definition) is 2. The third-order valence-electron chi connectivity index (χ3n) is 3.58. The molecule has 1 aromatic carbocycles. The van der Waals surface area contributed by atoms with E-state index in [0.29, 0.717) is 37.6 Å². The summed E-state index contributed by atoms with van der Waals surface area (Å²) in [5.41, 5.74) is 0.930. The first-order chi connectivity index (χ1) is 9.04. The minimum absolute atomic E-state index is 0.0433. The summed E-state index contributed by atoms with van der Waals surface area (Å²) in [6.45, 7) is 1.64. The molecule has 0 bridgehead atoms. The van der Waals surface area contributed by atoms with Gasteiger partial charge in [0, 0.05) is 55.9 Å². The SMILES string of the molecule is CN(CC1(O)CCOCC1)c1cc(Cl)ccc1CO. The van der Waals surface area contributed by atoms with Gasteiger partial charge in [-0.05, 0) is 12.1 Å². The van der Waals surface area contributed by atoms with Crippen LogP contribution in [0.3, 0.4) is 0 Å². The zero-order valence-electron chi connectivity index (χ0n) is 11.1. The quantitative estimate of drug-likeness (QED) is 0.886. The number of ether oxygens (including phenoxy) is 1. The molecule has 1 aliphatic rings. The number of aliphatic hydroxyl groups excluding tert-OH is 1. The smallest absolute Gasteiger partial charge is 0.0865 e. The van der Waals surface area contributed by atoms with Gasteiger partial charge < -0.3 is 19.8 Å². The van der Waals surface area contributed by atoms with Crippen LogP contribution in [-0.2, 0) is 11.3 Å². The van der Waals surface area contributed by atoms with Crippen molar-refractivity contribution in [3.8, 4) is 0 Å². The average molecular weight is 286 g/mol. The Morgan fingerprint density at radius 1 is 1.37 bits per heavy atom. The molecule has 0 saturated carbocycles. The van der Waals surface area contributed by atoms with Gasteiger partial charge in [-0.25, -0.2) is 0 Å². The summed E-state index contributed by atoms with van der Waals surface area (Å²) in [4.78, 5) is 1.95. The van der Waals surface area contributed by atoms with Crippen LogP contribution in [0.4, 0.5) is 5.69 Å². The van der Waals surface area contributed by atoms with Crippen LogP contribution in [0.15, 0.2) is 18.2 Å². The Hall–Kier alpha value is -0.810. The summed E-state index contributed by atoms with van der Waals surface area (Å²) < 4.78 is 5.28. The summed E-state index contributed by atoms with van der Waals surface area (Å²) in [5.74, 6) is 0. The molecule has 2 N–H and O–H groups in total. The molecule has 0 spiro atoms. The van der Waals surface area contributed by atoms with E-state index in [1.54, 1.807) is 6.07 Å². The minimum atomic E-state index is -0.734. The second-order valence-electron chi connectivity index (χ2n) is 5.12. The monoisotopic (exact) mass is 285 g/mol. The molecule has 1 saturated heterocycles. The lowest BCUT2D eigenvalue weighted by Crippen LogP contribution is -2.46. The van der Waals surface area contributed by atoms with E-state index in [4.69, 9.17) is 16.3 Å². The van der Waals surface area contributed by atoms with Crippen LogP contribution in [-0.4, -0.2) is 42.6 Å². The third kappa shape index (κ3) is 3.60. The van der Waals surface area contributed by atoms with Crippen molar-refractivity contribution >= 4 is 17.3 Å². The van der Waals surface area contributed by atoms with Crippen LogP contribution in [0.25, 0.3) is 0 Å². The lowest BCUT2D eigenvalue weighted by Gasteiger charge is -2.36. The molecule has 1 aromatic rings. The van der Waals surface area contributed by atoms with E-state index in [0.717, 1.165) is 11.3 Å². The number of anilines is 1. The van der Waals surface area contributed by atoms with Crippen LogP contribution in [0, 0.1) is 0 Å². The summed E-state index contributed by atoms with van der Waals surface area (Å²) in [6, 6.07) is 5.38. The van der Waals surface area contributed by atoms with Crippen molar-refractivity contribution in [1.29, 1.82) is 0 Å². The van der Waals surface area contributed by atoms with E-state index in [2.05, 4.69) is 0 Å². The largest absolute Gasteiger partial charge is 0.392 e. The molecule has 1 fully saturated rings. The minimum Gasteiger partial charge on any atom is -0.392 e. The number of rotatable bonds is 4. The molecule has 1 aliphatic heterocycles. The van der Waals surface area contributed by atoms with Crippen molar-refractivity contribution in [3.63, 3.8) is 0 Å². The molecule has 2 rings (SSSR count). The Morgan fingerprint density at radius 3 is 2.68 bits per heavy atom. The fourth-order valence-corrected chi connectivity index (χ4v) is 2.63. The van der Waals surface area contributed by atoms with Gasteiger partial charge in [-0.15, -0.1) is 0 Å². The molecule has 106 valence electrons. The van der Waals surface area contributed by atoms with Crippen molar-refractivity contribution in [2.75, 3.05) is 31.7 Å². The Bertz CT molecular complexity index is 433. The van der Waals surface area contributed by atoms with E-state index in [9.17, 15) is 10.2 Å². The van der Waals surface area contributed by atoms with Crippen LogP contribution in [0.5, 0.6) is 0 Å². The Labute approximate surface area is 118 Å². The summed E-state index contributed by atoms with van der Waals surface area (Å²) >= 11 is 6.00. The van der Waals surface area contributed by atoms with E-state index >= 15 is 0 Å². The Morgan fingerprint density at radius 2 is 2.05 bits per heavy atom. The normalized spacial score (nSPS) is 18.3. The fraction of sp³-hybridized carbons (Fsp3) is 0.571. The molecular formula is C14H20ClNO3. The number of likely N-dealkylation sites (N-methyl/N-ethyl adjacent to an activating group) is 1. The molecule has 0 amide bonds. The molecule has 0 unspecified atom stereocenters. The molecule has 0 aromatic heterocycles. The summed E-state index contributed by atoms with van der Waals surface area (Å²) in [6.07, 6.45) is 1.26. The lowest BCUT2D eigenvalue weighted by atomic mass is 9.93. The summed E-state index contributed by atoms with van der Waals surface area (Å²) in [7, 11) is 1.90. The number of hydrogen-bond acceptors (Lipinski definition) is 4. The maximum Gasteiger partial charge on any atom is 0.0865 e. The van der Waals surface area contributed by atoms with E-state index in [1.165, 1.54) is 0 Å². The predicted octanol–water partition coefficient (Wildman–Crippen LogP) is 1.81. The molecule has 4 nitrogen and oxygen atoms in total. The molecule has 1 heterocycles. The molecular weight excluding hydrogens is 266 g/mol. The van der Waals surface area contributed by atoms with Crippen LogP contribution in [0.2, 0.25) is 5.02 Å². The second kappa shape index (κ2) is 6.09. The second-order valence-corrected chi connectivity index (χ2v) is 5.56. The van der Waals surface area contributed by atoms with Gasteiger partial charge in [0.1, 0.15) is 0 Å². The average Bonchev–Trinajstić information content (AvgIpc) is 2.39. The number of halogens is 1.